The van der Waals surface area contributed by atoms with E-state index < -0.39 is 0 Å². The summed E-state index contributed by atoms with van der Waals surface area (Å²) in [5.41, 5.74) is 0. The Labute approximate surface area is 104 Å². The summed E-state index contributed by atoms with van der Waals surface area (Å²) in [6, 6.07) is 1.33. The first-order chi connectivity index (χ1) is 7.81. The van der Waals surface area contributed by atoms with Crippen LogP contribution in [0.25, 0.3) is 0 Å². The average Bonchev–Trinajstić information content (AvgIpc) is 2.92. The van der Waals surface area contributed by atoms with Crippen molar-refractivity contribution in [1.82, 2.24) is 10.6 Å². The number of rotatable bonds is 2. The van der Waals surface area contributed by atoms with Crippen LogP contribution in [0.15, 0.2) is 0 Å². The van der Waals surface area contributed by atoms with E-state index in [9.17, 15) is 0 Å². The first kappa shape index (κ1) is 10.8. The van der Waals surface area contributed by atoms with E-state index in [0.29, 0.717) is 12.1 Å². The van der Waals surface area contributed by atoms with Crippen LogP contribution in [0.2, 0.25) is 0 Å². The standard InChI is InChI=1S/C13H22N2S/c16-13(14-11-3-1-2-4-11)15-12-8-9-5-6-10(12)7-9/h9-12H,1-8H2,(H2,14,15,16)/t9-,10-,12+/m1/s1. The summed E-state index contributed by atoms with van der Waals surface area (Å²) in [5.74, 6) is 1.91. The maximum absolute atomic E-state index is 5.42. The van der Waals surface area contributed by atoms with Crippen LogP contribution in [0, 0.1) is 11.8 Å². The van der Waals surface area contributed by atoms with Crippen LogP contribution < -0.4 is 10.6 Å². The van der Waals surface area contributed by atoms with E-state index in [-0.39, 0.29) is 0 Å². The molecule has 0 aromatic heterocycles. The molecule has 3 aliphatic carbocycles. The third kappa shape index (κ3) is 2.20. The van der Waals surface area contributed by atoms with Crippen LogP contribution in [0.5, 0.6) is 0 Å². The highest BCUT2D eigenvalue weighted by molar-refractivity contribution is 7.80. The number of thiocarbonyl (C=S) groups is 1. The molecule has 0 saturated heterocycles. The largest absolute Gasteiger partial charge is 0.360 e. The maximum atomic E-state index is 5.42. The molecule has 3 saturated carbocycles. The molecular formula is C13H22N2S. The van der Waals surface area contributed by atoms with Gasteiger partial charge in [0.05, 0.1) is 0 Å². The van der Waals surface area contributed by atoms with E-state index in [4.69, 9.17) is 12.2 Å². The van der Waals surface area contributed by atoms with Crippen LogP contribution in [0.1, 0.15) is 51.4 Å². The molecule has 0 amide bonds. The lowest BCUT2D eigenvalue weighted by molar-refractivity contribution is 0.387. The van der Waals surface area contributed by atoms with Gasteiger partial charge in [-0.15, -0.1) is 0 Å². The van der Waals surface area contributed by atoms with Gasteiger partial charge in [-0.05, 0) is 56.2 Å². The lowest BCUT2D eigenvalue weighted by atomic mass is 9.95. The predicted octanol–water partition coefficient (Wildman–Crippen LogP) is 2.58. The van der Waals surface area contributed by atoms with Crippen molar-refractivity contribution < 1.29 is 0 Å². The first-order valence-electron chi connectivity index (χ1n) is 6.88. The van der Waals surface area contributed by atoms with Crippen LogP contribution in [0.4, 0.5) is 0 Å². The van der Waals surface area contributed by atoms with Gasteiger partial charge in [-0.25, -0.2) is 0 Å². The van der Waals surface area contributed by atoms with Crippen molar-refractivity contribution in [3.8, 4) is 0 Å². The van der Waals surface area contributed by atoms with Gasteiger partial charge >= 0.3 is 0 Å². The summed E-state index contributed by atoms with van der Waals surface area (Å²) in [7, 11) is 0. The Balaban J connectivity index is 1.45. The molecule has 2 N–H and O–H groups in total. The maximum Gasteiger partial charge on any atom is 0.166 e. The molecule has 3 aliphatic rings. The van der Waals surface area contributed by atoms with Crippen LogP contribution in [-0.2, 0) is 0 Å². The average molecular weight is 238 g/mol. The highest BCUT2D eigenvalue weighted by Crippen LogP contribution is 2.44. The summed E-state index contributed by atoms with van der Waals surface area (Å²) in [6.45, 7) is 0. The molecule has 16 heavy (non-hydrogen) atoms. The Bertz CT molecular complexity index is 273. The number of hydrogen-bond donors (Lipinski definition) is 2. The van der Waals surface area contributed by atoms with Gasteiger partial charge in [-0.3, -0.25) is 0 Å². The fourth-order valence-corrected chi connectivity index (χ4v) is 4.21. The lowest BCUT2D eigenvalue weighted by Crippen LogP contribution is -2.47. The summed E-state index contributed by atoms with van der Waals surface area (Å²) >= 11 is 5.42. The third-order valence-electron chi connectivity index (χ3n) is 4.74. The minimum Gasteiger partial charge on any atom is -0.360 e. The van der Waals surface area contributed by atoms with Crippen molar-refractivity contribution in [1.29, 1.82) is 0 Å². The monoisotopic (exact) mass is 238 g/mol. The fraction of sp³-hybridized carbons (Fsp3) is 0.923. The molecule has 2 nitrogen and oxygen atoms in total. The quantitative estimate of drug-likeness (QED) is 0.723. The van der Waals surface area contributed by atoms with Gasteiger partial charge < -0.3 is 10.6 Å². The molecule has 2 bridgehead atoms. The zero-order valence-corrected chi connectivity index (χ0v) is 10.7. The highest BCUT2D eigenvalue weighted by Gasteiger charge is 2.39. The topological polar surface area (TPSA) is 24.1 Å². The smallest absolute Gasteiger partial charge is 0.166 e. The van der Waals surface area contributed by atoms with E-state index in [1.165, 1.54) is 51.4 Å². The van der Waals surface area contributed by atoms with E-state index in [0.717, 1.165) is 16.9 Å². The lowest BCUT2D eigenvalue weighted by Gasteiger charge is -2.26. The Kier molecular flexibility index (Phi) is 3.05. The van der Waals surface area contributed by atoms with Gasteiger partial charge in [0, 0.05) is 12.1 Å². The fourth-order valence-electron chi connectivity index (χ4n) is 3.89. The van der Waals surface area contributed by atoms with E-state index in [1.54, 1.807) is 0 Å². The summed E-state index contributed by atoms with van der Waals surface area (Å²) in [5, 5.41) is 7.96. The molecule has 0 radical (unpaired) electrons. The molecule has 0 aromatic rings. The molecule has 90 valence electrons. The zero-order valence-electron chi connectivity index (χ0n) is 9.87. The molecular weight excluding hydrogens is 216 g/mol. The van der Waals surface area contributed by atoms with Crippen molar-refractivity contribution in [2.24, 2.45) is 11.8 Å². The number of nitrogens with one attached hydrogen (secondary N) is 2. The van der Waals surface area contributed by atoms with Crippen LogP contribution in [0.3, 0.4) is 0 Å². The van der Waals surface area contributed by atoms with Gasteiger partial charge in [0.1, 0.15) is 0 Å². The second-order valence-electron chi connectivity index (χ2n) is 5.88. The minimum atomic E-state index is 0.651. The predicted molar refractivity (Wildman–Crippen MR) is 70.4 cm³/mol. The Morgan fingerprint density at radius 1 is 0.938 bits per heavy atom. The van der Waals surface area contributed by atoms with E-state index in [1.807, 2.05) is 0 Å². The van der Waals surface area contributed by atoms with Gasteiger partial charge in [0.2, 0.25) is 0 Å². The second-order valence-corrected chi connectivity index (χ2v) is 6.29. The van der Waals surface area contributed by atoms with E-state index >= 15 is 0 Å². The van der Waals surface area contributed by atoms with Crippen LogP contribution in [-0.4, -0.2) is 17.2 Å². The second kappa shape index (κ2) is 4.52. The molecule has 0 aromatic carbocycles. The van der Waals surface area contributed by atoms with Crippen molar-refractivity contribution in [3.63, 3.8) is 0 Å². The molecule has 0 heterocycles. The SMILES string of the molecule is S=C(NC1CCCC1)N[C@H]1C[C@@H]2CC[C@@H]1C2. The van der Waals surface area contributed by atoms with E-state index in [2.05, 4.69) is 10.6 Å². The molecule has 0 unspecified atom stereocenters. The first-order valence-corrected chi connectivity index (χ1v) is 7.29. The number of hydrogen-bond acceptors (Lipinski definition) is 1. The molecule has 3 fully saturated rings. The Morgan fingerprint density at radius 3 is 2.38 bits per heavy atom. The zero-order chi connectivity index (χ0) is 11.0. The molecule has 3 rings (SSSR count). The molecule has 0 spiro atoms. The summed E-state index contributed by atoms with van der Waals surface area (Å²) in [4.78, 5) is 0. The molecule has 3 heteroatoms. The Hall–Kier alpha value is -0.310. The molecule has 0 aliphatic heterocycles. The Morgan fingerprint density at radius 2 is 1.75 bits per heavy atom. The highest BCUT2D eigenvalue weighted by atomic mass is 32.1. The van der Waals surface area contributed by atoms with Gasteiger partial charge in [-0.2, -0.15) is 0 Å². The summed E-state index contributed by atoms with van der Waals surface area (Å²) < 4.78 is 0. The number of fused-ring (bicyclic) bond motifs is 2. The molecule has 3 atom stereocenters. The van der Waals surface area contributed by atoms with Gasteiger partial charge in [0.15, 0.2) is 5.11 Å². The summed E-state index contributed by atoms with van der Waals surface area (Å²) in [6.07, 6.45) is 11.0. The van der Waals surface area contributed by atoms with Crippen molar-refractivity contribution in [2.45, 2.75) is 63.5 Å². The third-order valence-corrected chi connectivity index (χ3v) is 4.98. The van der Waals surface area contributed by atoms with Crippen LogP contribution >= 0.6 is 12.2 Å². The van der Waals surface area contributed by atoms with Crippen molar-refractivity contribution >= 4 is 17.3 Å². The normalized spacial score (nSPS) is 37.9. The van der Waals surface area contributed by atoms with Crippen molar-refractivity contribution in [3.05, 3.63) is 0 Å². The van der Waals surface area contributed by atoms with Gasteiger partial charge in [-0.1, -0.05) is 19.3 Å². The van der Waals surface area contributed by atoms with Crippen molar-refractivity contribution in [2.75, 3.05) is 0 Å². The minimum absolute atomic E-state index is 0.651. The van der Waals surface area contributed by atoms with Gasteiger partial charge in [0.25, 0.3) is 0 Å².